The number of rotatable bonds is 6. The summed E-state index contributed by atoms with van der Waals surface area (Å²) in [6.07, 6.45) is 0.187. The molecule has 0 fully saturated rings. The number of benzene rings is 2. The summed E-state index contributed by atoms with van der Waals surface area (Å²) in [6.45, 7) is 4.40. The first-order chi connectivity index (χ1) is 12.0. The number of carbonyl (C=O) groups is 1. The highest BCUT2D eigenvalue weighted by atomic mass is 16.6. The number of carbonyl (C=O) groups excluding carboxylic acids is 1. The molecule has 0 spiro atoms. The van der Waals surface area contributed by atoms with Crippen LogP contribution in [0.3, 0.4) is 0 Å². The molecule has 0 bridgehead atoms. The van der Waals surface area contributed by atoms with E-state index in [1.165, 1.54) is 12.1 Å². The summed E-state index contributed by atoms with van der Waals surface area (Å²) in [5.41, 5.74) is 2.28. The lowest BCUT2D eigenvalue weighted by Gasteiger charge is -2.28. The molecule has 0 saturated heterocycles. The van der Waals surface area contributed by atoms with Crippen molar-refractivity contribution in [3.63, 3.8) is 0 Å². The number of likely N-dealkylation sites (N-methyl/N-ethyl adjacent to an activating group) is 1. The molecule has 2 aromatic rings. The SMILES string of the molecule is CCN(C(=O)Cc1ccc([N+](=O)[O-])cc1)C(C)c1ccc(C#N)cc1. The number of hydrogen-bond acceptors (Lipinski definition) is 4. The van der Waals surface area contributed by atoms with Gasteiger partial charge >= 0.3 is 0 Å². The normalized spacial score (nSPS) is 11.4. The second-order valence-corrected chi connectivity index (χ2v) is 5.69. The van der Waals surface area contributed by atoms with Crippen LogP contribution in [0.2, 0.25) is 0 Å². The van der Waals surface area contributed by atoms with Crippen molar-refractivity contribution < 1.29 is 9.72 Å². The van der Waals surface area contributed by atoms with Gasteiger partial charge in [-0.25, -0.2) is 0 Å². The van der Waals surface area contributed by atoms with Gasteiger partial charge in [-0.15, -0.1) is 0 Å². The number of nitro groups is 1. The van der Waals surface area contributed by atoms with Crippen molar-refractivity contribution in [3.05, 3.63) is 75.3 Å². The van der Waals surface area contributed by atoms with Crippen LogP contribution in [0, 0.1) is 21.4 Å². The minimum atomic E-state index is -0.461. The Kier molecular flexibility index (Phi) is 5.85. The van der Waals surface area contributed by atoms with Crippen LogP contribution >= 0.6 is 0 Å². The molecule has 0 radical (unpaired) electrons. The van der Waals surface area contributed by atoms with Crippen LogP contribution in [-0.4, -0.2) is 22.3 Å². The first-order valence-electron chi connectivity index (χ1n) is 7.99. The number of non-ortho nitro benzene ring substituents is 1. The Hall–Kier alpha value is -3.20. The Morgan fingerprint density at radius 2 is 1.80 bits per heavy atom. The zero-order valence-electron chi connectivity index (χ0n) is 14.2. The quantitative estimate of drug-likeness (QED) is 0.595. The summed E-state index contributed by atoms with van der Waals surface area (Å²) < 4.78 is 0. The number of nitriles is 1. The fourth-order valence-electron chi connectivity index (χ4n) is 2.69. The van der Waals surface area contributed by atoms with Gasteiger partial charge in [-0.05, 0) is 37.1 Å². The molecule has 2 aromatic carbocycles. The lowest BCUT2D eigenvalue weighted by molar-refractivity contribution is -0.384. The van der Waals surface area contributed by atoms with Gasteiger partial charge in [-0.1, -0.05) is 24.3 Å². The molecule has 0 aliphatic rings. The van der Waals surface area contributed by atoms with Gasteiger partial charge in [0.1, 0.15) is 0 Å². The van der Waals surface area contributed by atoms with E-state index in [2.05, 4.69) is 6.07 Å². The third-order valence-electron chi connectivity index (χ3n) is 4.15. The third-order valence-corrected chi connectivity index (χ3v) is 4.15. The van der Waals surface area contributed by atoms with E-state index in [9.17, 15) is 14.9 Å². The van der Waals surface area contributed by atoms with E-state index in [4.69, 9.17) is 5.26 Å². The third kappa shape index (κ3) is 4.42. The van der Waals surface area contributed by atoms with Crippen LogP contribution in [0.25, 0.3) is 0 Å². The molecule has 0 saturated carbocycles. The summed E-state index contributed by atoms with van der Waals surface area (Å²) in [4.78, 5) is 24.6. The Bertz CT molecular complexity index is 792. The van der Waals surface area contributed by atoms with Crippen LogP contribution < -0.4 is 0 Å². The molecule has 0 heterocycles. The van der Waals surface area contributed by atoms with E-state index in [1.807, 2.05) is 26.0 Å². The molecule has 1 unspecified atom stereocenters. The molecule has 1 amide bonds. The van der Waals surface area contributed by atoms with Crippen molar-refractivity contribution >= 4 is 11.6 Å². The molecular formula is C19H19N3O3. The van der Waals surface area contributed by atoms with Gasteiger partial charge < -0.3 is 4.90 Å². The van der Waals surface area contributed by atoms with E-state index in [0.29, 0.717) is 12.1 Å². The number of hydrogen-bond donors (Lipinski definition) is 0. The van der Waals surface area contributed by atoms with Crippen molar-refractivity contribution in [2.45, 2.75) is 26.3 Å². The molecule has 0 N–H and O–H groups in total. The van der Waals surface area contributed by atoms with Crippen LogP contribution in [0.15, 0.2) is 48.5 Å². The van der Waals surface area contributed by atoms with Crippen molar-refractivity contribution in [1.82, 2.24) is 4.90 Å². The van der Waals surface area contributed by atoms with Crippen LogP contribution in [0.4, 0.5) is 5.69 Å². The molecule has 0 aliphatic heterocycles. The Labute approximate surface area is 146 Å². The van der Waals surface area contributed by atoms with Gasteiger partial charge in [0.2, 0.25) is 5.91 Å². The summed E-state index contributed by atoms with van der Waals surface area (Å²) in [6, 6.07) is 15.2. The fraction of sp³-hybridized carbons (Fsp3) is 0.263. The highest BCUT2D eigenvalue weighted by Gasteiger charge is 2.20. The molecule has 2 rings (SSSR count). The van der Waals surface area contributed by atoms with Gasteiger partial charge in [0.15, 0.2) is 0 Å². The Morgan fingerprint density at radius 3 is 2.28 bits per heavy atom. The summed E-state index contributed by atoms with van der Waals surface area (Å²) in [5, 5.41) is 19.6. The van der Waals surface area contributed by atoms with E-state index >= 15 is 0 Å². The predicted octanol–water partition coefficient (Wildman–Crippen LogP) is 3.62. The molecule has 6 heteroatoms. The monoisotopic (exact) mass is 337 g/mol. The maximum absolute atomic E-state index is 12.6. The minimum Gasteiger partial charge on any atom is -0.336 e. The highest BCUT2D eigenvalue weighted by Crippen LogP contribution is 2.22. The van der Waals surface area contributed by atoms with Crippen molar-refractivity contribution in [1.29, 1.82) is 5.26 Å². The van der Waals surface area contributed by atoms with Gasteiger partial charge in [-0.3, -0.25) is 14.9 Å². The zero-order valence-corrected chi connectivity index (χ0v) is 14.2. The van der Waals surface area contributed by atoms with Gasteiger partial charge in [0.25, 0.3) is 5.69 Å². The van der Waals surface area contributed by atoms with Crippen LogP contribution in [0.1, 0.15) is 36.6 Å². The molecule has 6 nitrogen and oxygen atoms in total. The van der Waals surface area contributed by atoms with E-state index in [1.54, 1.807) is 29.2 Å². The largest absolute Gasteiger partial charge is 0.336 e. The zero-order chi connectivity index (χ0) is 18.4. The number of nitro benzene ring substituents is 1. The van der Waals surface area contributed by atoms with Crippen LogP contribution in [0.5, 0.6) is 0 Å². The molecular weight excluding hydrogens is 318 g/mol. The van der Waals surface area contributed by atoms with E-state index in [-0.39, 0.29) is 24.1 Å². The molecule has 1 atom stereocenters. The summed E-state index contributed by atoms with van der Waals surface area (Å²) in [5.74, 6) is -0.0480. The average molecular weight is 337 g/mol. The Morgan fingerprint density at radius 1 is 1.20 bits per heavy atom. The van der Waals surface area contributed by atoms with Gasteiger partial charge in [-0.2, -0.15) is 5.26 Å². The van der Waals surface area contributed by atoms with Crippen LogP contribution in [-0.2, 0) is 11.2 Å². The minimum absolute atomic E-state index is 0.00879. The fourth-order valence-corrected chi connectivity index (χ4v) is 2.69. The van der Waals surface area contributed by atoms with E-state index < -0.39 is 4.92 Å². The lowest BCUT2D eigenvalue weighted by Crippen LogP contribution is -2.34. The maximum Gasteiger partial charge on any atom is 0.269 e. The first kappa shape index (κ1) is 18.1. The summed E-state index contributed by atoms with van der Waals surface area (Å²) >= 11 is 0. The second-order valence-electron chi connectivity index (χ2n) is 5.69. The van der Waals surface area contributed by atoms with E-state index in [0.717, 1.165) is 11.1 Å². The Balaban J connectivity index is 2.11. The second kappa shape index (κ2) is 8.06. The molecule has 128 valence electrons. The number of amides is 1. The van der Waals surface area contributed by atoms with Crippen molar-refractivity contribution in [2.24, 2.45) is 0 Å². The smallest absolute Gasteiger partial charge is 0.269 e. The lowest BCUT2D eigenvalue weighted by atomic mass is 10.0. The molecule has 0 aromatic heterocycles. The molecule has 0 aliphatic carbocycles. The highest BCUT2D eigenvalue weighted by molar-refractivity contribution is 5.79. The van der Waals surface area contributed by atoms with Crippen molar-refractivity contribution in [3.8, 4) is 6.07 Å². The first-order valence-corrected chi connectivity index (χ1v) is 7.99. The molecule has 25 heavy (non-hydrogen) atoms. The topological polar surface area (TPSA) is 87.2 Å². The maximum atomic E-state index is 12.6. The average Bonchev–Trinajstić information content (AvgIpc) is 2.62. The standard InChI is InChI=1S/C19H19N3O3/c1-3-21(14(2)17-8-4-16(13-20)5-9-17)19(23)12-15-6-10-18(11-7-15)22(24)25/h4-11,14H,3,12H2,1-2H3. The van der Waals surface area contributed by atoms with Gasteiger partial charge in [0, 0.05) is 18.7 Å². The van der Waals surface area contributed by atoms with Gasteiger partial charge in [0.05, 0.1) is 29.0 Å². The summed E-state index contributed by atoms with van der Waals surface area (Å²) in [7, 11) is 0. The predicted molar refractivity (Wildman–Crippen MR) is 93.8 cm³/mol. The number of nitrogens with zero attached hydrogens (tertiary/aromatic N) is 3. The van der Waals surface area contributed by atoms with Crippen molar-refractivity contribution in [2.75, 3.05) is 6.54 Å².